The van der Waals surface area contributed by atoms with Gasteiger partial charge in [-0.15, -0.1) is 0 Å². The SMILES string of the molecule is COC(=O)C1=Cc2ccccc2N(C)CCC1. The molecule has 3 nitrogen and oxygen atoms in total. The normalized spacial score (nSPS) is 15.4. The number of fused-ring (bicyclic) bond motifs is 1. The second-order valence-electron chi connectivity index (χ2n) is 4.25. The summed E-state index contributed by atoms with van der Waals surface area (Å²) in [7, 11) is 3.51. The molecule has 3 heteroatoms. The predicted molar refractivity (Wildman–Crippen MR) is 68.9 cm³/mol. The van der Waals surface area contributed by atoms with Gasteiger partial charge in [0, 0.05) is 24.9 Å². The lowest BCUT2D eigenvalue weighted by atomic mass is 10.0. The summed E-state index contributed by atoms with van der Waals surface area (Å²) in [6.07, 6.45) is 3.67. The quantitative estimate of drug-likeness (QED) is 0.695. The van der Waals surface area contributed by atoms with Gasteiger partial charge in [-0.05, 0) is 30.5 Å². The minimum absolute atomic E-state index is 0.218. The van der Waals surface area contributed by atoms with Gasteiger partial charge < -0.3 is 9.64 Å². The van der Waals surface area contributed by atoms with Gasteiger partial charge in [-0.3, -0.25) is 0 Å². The van der Waals surface area contributed by atoms with Crippen molar-refractivity contribution < 1.29 is 9.53 Å². The van der Waals surface area contributed by atoms with Gasteiger partial charge in [-0.25, -0.2) is 4.79 Å². The summed E-state index contributed by atoms with van der Waals surface area (Å²) < 4.78 is 4.81. The van der Waals surface area contributed by atoms with Gasteiger partial charge in [-0.1, -0.05) is 18.2 Å². The maximum absolute atomic E-state index is 11.6. The fraction of sp³-hybridized carbons (Fsp3) is 0.357. The van der Waals surface area contributed by atoms with Crippen LogP contribution in [0.25, 0.3) is 6.08 Å². The van der Waals surface area contributed by atoms with Crippen LogP contribution in [0.2, 0.25) is 0 Å². The molecule has 1 aromatic carbocycles. The molecule has 0 aromatic heterocycles. The molecule has 0 spiro atoms. The molecule has 0 bridgehead atoms. The van der Waals surface area contributed by atoms with E-state index in [9.17, 15) is 4.79 Å². The molecule has 0 saturated heterocycles. The van der Waals surface area contributed by atoms with Crippen molar-refractivity contribution in [3.8, 4) is 0 Å². The first-order valence-electron chi connectivity index (χ1n) is 5.81. The molecule has 0 atom stereocenters. The van der Waals surface area contributed by atoms with Crippen LogP contribution in [0.15, 0.2) is 29.8 Å². The summed E-state index contributed by atoms with van der Waals surface area (Å²) in [4.78, 5) is 13.8. The van der Waals surface area contributed by atoms with E-state index in [1.54, 1.807) is 0 Å². The number of para-hydroxylation sites is 1. The molecule has 0 radical (unpaired) electrons. The van der Waals surface area contributed by atoms with Crippen molar-refractivity contribution in [2.24, 2.45) is 0 Å². The number of hydrogen-bond donors (Lipinski definition) is 0. The van der Waals surface area contributed by atoms with Gasteiger partial charge in [0.05, 0.1) is 7.11 Å². The van der Waals surface area contributed by atoms with E-state index in [4.69, 9.17) is 4.74 Å². The van der Waals surface area contributed by atoms with Gasteiger partial charge in [0.15, 0.2) is 0 Å². The van der Waals surface area contributed by atoms with Crippen LogP contribution < -0.4 is 4.90 Å². The highest BCUT2D eigenvalue weighted by atomic mass is 16.5. The van der Waals surface area contributed by atoms with Crippen molar-refractivity contribution in [2.45, 2.75) is 12.8 Å². The smallest absolute Gasteiger partial charge is 0.333 e. The zero-order chi connectivity index (χ0) is 12.3. The summed E-state index contributed by atoms with van der Waals surface area (Å²) in [5.74, 6) is -0.218. The van der Waals surface area contributed by atoms with E-state index in [2.05, 4.69) is 18.0 Å². The third kappa shape index (κ3) is 2.49. The summed E-state index contributed by atoms with van der Waals surface area (Å²) in [6, 6.07) is 8.11. The lowest BCUT2D eigenvalue weighted by molar-refractivity contribution is -0.136. The van der Waals surface area contributed by atoms with Crippen LogP contribution >= 0.6 is 0 Å². The molecule has 0 fully saturated rings. The van der Waals surface area contributed by atoms with Crippen molar-refractivity contribution in [1.29, 1.82) is 0 Å². The maximum atomic E-state index is 11.6. The minimum Gasteiger partial charge on any atom is -0.466 e. The number of ether oxygens (including phenoxy) is 1. The molecule has 1 aromatic rings. The van der Waals surface area contributed by atoms with Crippen molar-refractivity contribution in [3.05, 3.63) is 35.4 Å². The van der Waals surface area contributed by atoms with E-state index in [0.717, 1.165) is 36.2 Å². The number of methoxy groups -OCH3 is 1. The molecule has 0 saturated carbocycles. The molecular formula is C14H17NO2. The summed E-state index contributed by atoms with van der Waals surface area (Å²) in [6.45, 7) is 0.950. The largest absolute Gasteiger partial charge is 0.466 e. The first-order chi connectivity index (χ1) is 8.22. The zero-order valence-corrected chi connectivity index (χ0v) is 10.3. The number of anilines is 1. The van der Waals surface area contributed by atoms with Crippen molar-refractivity contribution in [1.82, 2.24) is 0 Å². The van der Waals surface area contributed by atoms with Gasteiger partial charge in [0.1, 0.15) is 0 Å². The standard InChI is InChI=1S/C14H17NO2/c1-15-9-5-7-12(14(16)17-2)10-11-6-3-4-8-13(11)15/h3-4,6,8,10H,5,7,9H2,1-2H3. The highest BCUT2D eigenvalue weighted by Gasteiger charge is 2.15. The lowest BCUT2D eigenvalue weighted by Gasteiger charge is -2.24. The topological polar surface area (TPSA) is 29.5 Å². The molecule has 2 rings (SSSR count). The predicted octanol–water partition coefficient (Wildman–Crippen LogP) is 2.47. The Morgan fingerprint density at radius 1 is 1.35 bits per heavy atom. The minimum atomic E-state index is -0.218. The summed E-state index contributed by atoms with van der Waals surface area (Å²) in [5.41, 5.74) is 3.00. The zero-order valence-electron chi connectivity index (χ0n) is 10.3. The van der Waals surface area contributed by atoms with Gasteiger partial charge in [-0.2, -0.15) is 0 Å². The van der Waals surface area contributed by atoms with E-state index < -0.39 is 0 Å². The number of rotatable bonds is 1. The number of hydrogen-bond acceptors (Lipinski definition) is 3. The fourth-order valence-electron chi connectivity index (χ4n) is 2.14. The Labute approximate surface area is 102 Å². The number of benzene rings is 1. The number of carbonyl (C=O) groups is 1. The number of nitrogens with zero attached hydrogens (tertiary/aromatic N) is 1. The molecule has 0 unspecified atom stereocenters. The van der Waals surface area contributed by atoms with Crippen LogP contribution in [0.5, 0.6) is 0 Å². The molecular weight excluding hydrogens is 214 g/mol. The Morgan fingerprint density at radius 2 is 2.12 bits per heavy atom. The lowest BCUT2D eigenvalue weighted by Crippen LogP contribution is -2.21. The van der Waals surface area contributed by atoms with Crippen molar-refractivity contribution in [3.63, 3.8) is 0 Å². The molecule has 0 amide bonds. The molecule has 17 heavy (non-hydrogen) atoms. The molecule has 0 aliphatic carbocycles. The Bertz CT molecular complexity index is 451. The van der Waals surface area contributed by atoms with Crippen LogP contribution in [0.4, 0.5) is 5.69 Å². The fourth-order valence-corrected chi connectivity index (χ4v) is 2.14. The second kappa shape index (κ2) is 5.04. The van der Waals surface area contributed by atoms with E-state index in [1.807, 2.05) is 24.3 Å². The third-order valence-electron chi connectivity index (χ3n) is 3.06. The Kier molecular flexibility index (Phi) is 3.47. The third-order valence-corrected chi connectivity index (χ3v) is 3.06. The van der Waals surface area contributed by atoms with Crippen LogP contribution in [0.1, 0.15) is 18.4 Å². The van der Waals surface area contributed by atoms with Crippen LogP contribution in [-0.4, -0.2) is 26.7 Å². The van der Waals surface area contributed by atoms with Crippen molar-refractivity contribution in [2.75, 3.05) is 25.6 Å². The summed E-state index contributed by atoms with van der Waals surface area (Å²) >= 11 is 0. The highest BCUT2D eigenvalue weighted by Crippen LogP contribution is 2.26. The molecule has 90 valence electrons. The van der Waals surface area contributed by atoms with Gasteiger partial charge in [0.25, 0.3) is 0 Å². The van der Waals surface area contributed by atoms with Gasteiger partial charge >= 0.3 is 5.97 Å². The van der Waals surface area contributed by atoms with E-state index in [0.29, 0.717) is 0 Å². The molecule has 1 aliphatic rings. The van der Waals surface area contributed by atoms with E-state index in [-0.39, 0.29) is 5.97 Å². The molecule has 1 aliphatic heterocycles. The number of esters is 1. The van der Waals surface area contributed by atoms with Crippen LogP contribution in [-0.2, 0) is 9.53 Å². The Balaban J connectivity index is 2.44. The summed E-state index contributed by atoms with van der Waals surface area (Å²) in [5, 5.41) is 0. The molecule has 1 heterocycles. The van der Waals surface area contributed by atoms with E-state index >= 15 is 0 Å². The maximum Gasteiger partial charge on any atom is 0.333 e. The highest BCUT2D eigenvalue weighted by molar-refractivity contribution is 5.94. The number of carbonyl (C=O) groups excluding carboxylic acids is 1. The van der Waals surface area contributed by atoms with Crippen LogP contribution in [0.3, 0.4) is 0 Å². The second-order valence-corrected chi connectivity index (χ2v) is 4.25. The van der Waals surface area contributed by atoms with E-state index in [1.165, 1.54) is 7.11 Å². The Hall–Kier alpha value is -1.77. The first kappa shape index (κ1) is 11.7. The average molecular weight is 231 g/mol. The van der Waals surface area contributed by atoms with Crippen molar-refractivity contribution >= 4 is 17.7 Å². The first-order valence-corrected chi connectivity index (χ1v) is 5.81. The Morgan fingerprint density at radius 3 is 2.88 bits per heavy atom. The average Bonchev–Trinajstić information content (AvgIpc) is 2.34. The molecule has 0 N–H and O–H groups in total. The van der Waals surface area contributed by atoms with Crippen LogP contribution in [0, 0.1) is 0 Å². The van der Waals surface area contributed by atoms with Gasteiger partial charge in [0.2, 0.25) is 0 Å². The monoisotopic (exact) mass is 231 g/mol.